The topological polar surface area (TPSA) is 12.5 Å². The highest BCUT2D eigenvalue weighted by molar-refractivity contribution is 9.10. The van der Waals surface area contributed by atoms with Crippen molar-refractivity contribution in [3.63, 3.8) is 0 Å². The van der Waals surface area contributed by atoms with E-state index in [0.29, 0.717) is 6.04 Å². The van der Waals surface area contributed by atoms with E-state index in [1.165, 1.54) is 5.56 Å². The number of nitrogens with zero attached hydrogens (tertiary/aromatic N) is 1. The zero-order chi connectivity index (χ0) is 12.1. The van der Waals surface area contributed by atoms with E-state index in [0.717, 1.165) is 22.1 Å². The highest BCUT2D eigenvalue weighted by Gasteiger charge is 2.10. The molecule has 0 aliphatic rings. The van der Waals surface area contributed by atoms with Crippen LogP contribution in [0.1, 0.15) is 12.5 Å². The first-order chi connectivity index (χ1) is 7.58. The molecule has 0 aliphatic heterocycles. The third-order valence-electron chi connectivity index (χ3n) is 2.65. The van der Waals surface area contributed by atoms with E-state index in [2.05, 4.69) is 56.8 Å². The van der Waals surface area contributed by atoms with Gasteiger partial charge in [0.25, 0.3) is 0 Å². The van der Waals surface area contributed by atoms with E-state index in [1.54, 1.807) is 7.11 Å². The minimum Gasteiger partial charge on any atom is -0.497 e. The van der Waals surface area contributed by atoms with Crippen molar-refractivity contribution in [1.29, 1.82) is 0 Å². The molecule has 1 aromatic rings. The number of alkyl halides is 1. The molecule has 0 saturated heterocycles. The van der Waals surface area contributed by atoms with Gasteiger partial charge in [-0.2, -0.15) is 0 Å². The van der Waals surface area contributed by atoms with Crippen molar-refractivity contribution >= 4 is 31.9 Å². The third kappa shape index (κ3) is 3.75. The van der Waals surface area contributed by atoms with Crippen molar-refractivity contribution in [3.05, 3.63) is 28.2 Å². The second-order valence-corrected chi connectivity index (χ2v) is 5.38. The molecule has 90 valence electrons. The van der Waals surface area contributed by atoms with Crippen LogP contribution in [0, 0.1) is 0 Å². The number of benzene rings is 1. The molecule has 0 heterocycles. The highest BCUT2D eigenvalue weighted by Crippen LogP contribution is 2.24. The maximum atomic E-state index is 5.23. The minimum atomic E-state index is 0.512. The Hall–Kier alpha value is -0.0600. The molecule has 16 heavy (non-hydrogen) atoms. The smallest absolute Gasteiger partial charge is 0.119 e. The lowest BCUT2D eigenvalue weighted by atomic mass is 10.2. The Bertz CT molecular complexity index is 344. The second-order valence-electron chi connectivity index (χ2n) is 3.88. The van der Waals surface area contributed by atoms with Crippen LogP contribution in [0.25, 0.3) is 0 Å². The first-order valence-corrected chi connectivity index (χ1v) is 7.08. The van der Waals surface area contributed by atoms with Gasteiger partial charge >= 0.3 is 0 Å². The molecule has 0 bridgehead atoms. The van der Waals surface area contributed by atoms with E-state index in [1.807, 2.05) is 12.1 Å². The molecule has 2 nitrogen and oxygen atoms in total. The monoisotopic (exact) mass is 349 g/mol. The summed E-state index contributed by atoms with van der Waals surface area (Å²) in [5.74, 6) is 0.901. The number of hydrogen-bond acceptors (Lipinski definition) is 2. The second kappa shape index (κ2) is 6.62. The zero-order valence-corrected chi connectivity index (χ0v) is 13.0. The summed E-state index contributed by atoms with van der Waals surface area (Å²) >= 11 is 7.06. The van der Waals surface area contributed by atoms with Gasteiger partial charge in [0.15, 0.2) is 0 Å². The average molecular weight is 351 g/mol. The molecule has 0 radical (unpaired) electrons. The Morgan fingerprint density at radius 3 is 2.69 bits per heavy atom. The van der Waals surface area contributed by atoms with Gasteiger partial charge in [0, 0.05) is 22.4 Å². The molecule has 0 N–H and O–H groups in total. The van der Waals surface area contributed by atoms with Crippen LogP contribution in [0.15, 0.2) is 22.7 Å². The van der Waals surface area contributed by atoms with Gasteiger partial charge in [-0.25, -0.2) is 0 Å². The standard InChI is InChI=1S/C12H17Br2NO/c1-9(7-13)15(2)8-10-6-11(16-3)4-5-12(10)14/h4-6,9H,7-8H2,1-3H3. The van der Waals surface area contributed by atoms with Crippen LogP contribution < -0.4 is 4.74 Å². The SMILES string of the molecule is COc1ccc(Br)c(CN(C)C(C)CBr)c1. The van der Waals surface area contributed by atoms with Crippen LogP contribution in [0.4, 0.5) is 0 Å². The summed E-state index contributed by atoms with van der Waals surface area (Å²) in [6, 6.07) is 6.57. The Labute approximate surface area is 114 Å². The summed E-state index contributed by atoms with van der Waals surface area (Å²) in [5.41, 5.74) is 1.25. The molecule has 1 aromatic carbocycles. The predicted octanol–water partition coefficient (Wildman–Crippen LogP) is 3.67. The molecule has 0 aliphatic carbocycles. The fraction of sp³-hybridized carbons (Fsp3) is 0.500. The molecular formula is C12H17Br2NO. The van der Waals surface area contributed by atoms with Crippen molar-refractivity contribution in [2.24, 2.45) is 0 Å². The van der Waals surface area contributed by atoms with E-state index < -0.39 is 0 Å². The first-order valence-electron chi connectivity index (χ1n) is 5.17. The summed E-state index contributed by atoms with van der Waals surface area (Å²) in [4.78, 5) is 2.30. The molecule has 0 amide bonds. The summed E-state index contributed by atoms with van der Waals surface area (Å²) in [6.45, 7) is 3.10. The van der Waals surface area contributed by atoms with Crippen molar-refractivity contribution in [2.75, 3.05) is 19.5 Å². The summed E-state index contributed by atoms with van der Waals surface area (Å²) in [5, 5.41) is 0.977. The third-order valence-corrected chi connectivity index (χ3v) is 4.36. The maximum Gasteiger partial charge on any atom is 0.119 e. The normalized spacial score (nSPS) is 12.9. The molecule has 0 fully saturated rings. The molecule has 0 saturated carbocycles. The van der Waals surface area contributed by atoms with Crippen molar-refractivity contribution in [2.45, 2.75) is 19.5 Å². The lowest BCUT2D eigenvalue weighted by Gasteiger charge is -2.23. The number of halogens is 2. The number of ether oxygens (including phenoxy) is 1. The van der Waals surface area contributed by atoms with Gasteiger partial charge in [0.1, 0.15) is 5.75 Å². The molecule has 4 heteroatoms. The minimum absolute atomic E-state index is 0.512. The summed E-state index contributed by atoms with van der Waals surface area (Å²) < 4.78 is 6.36. The lowest BCUT2D eigenvalue weighted by molar-refractivity contribution is 0.270. The van der Waals surface area contributed by atoms with Crippen LogP contribution in [0.5, 0.6) is 5.75 Å². The number of methoxy groups -OCH3 is 1. The molecule has 1 atom stereocenters. The lowest BCUT2D eigenvalue weighted by Crippen LogP contribution is -2.29. The van der Waals surface area contributed by atoms with Gasteiger partial charge in [-0.3, -0.25) is 4.90 Å². The Balaban J connectivity index is 2.79. The van der Waals surface area contributed by atoms with Crippen LogP contribution in [0.2, 0.25) is 0 Å². The summed E-state index contributed by atoms with van der Waals surface area (Å²) in [6.07, 6.45) is 0. The fourth-order valence-corrected chi connectivity index (χ4v) is 2.21. The van der Waals surface area contributed by atoms with E-state index in [-0.39, 0.29) is 0 Å². The highest BCUT2D eigenvalue weighted by atomic mass is 79.9. The van der Waals surface area contributed by atoms with Crippen molar-refractivity contribution in [3.8, 4) is 5.75 Å². The van der Waals surface area contributed by atoms with Gasteiger partial charge in [0.05, 0.1) is 7.11 Å². The van der Waals surface area contributed by atoms with Gasteiger partial charge < -0.3 is 4.74 Å². The first kappa shape index (κ1) is 14.0. The fourth-order valence-electron chi connectivity index (χ4n) is 1.34. The van der Waals surface area contributed by atoms with Crippen LogP contribution in [-0.2, 0) is 6.54 Å². The molecule has 0 aromatic heterocycles. The molecule has 1 rings (SSSR count). The van der Waals surface area contributed by atoms with E-state index >= 15 is 0 Å². The van der Waals surface area contributed by atoms with Gasteiger partial charge in [0.2, 0.25) is 0 Å². The van der Waals surface area contributed by atoms with Crippen molar-refractivity contribution < 1.29 is 4.74 Å². The number of rotatable bonds is 5. The Morgan fingerprint density at radius 1 is 1.44 bits per heavy atom. The Morgan fingerprint density at radius 2 is 2.12 bits per heavy atom. The van der Waals surface area contributed by atoms with Crippen molar-refractivity contribution in [1.82, 2.24) is 4.90 Å². The van der Waals surface area contributed by atoms with Crippen LogP contribution >= 0.6 is 31.9 Å². The molecular weight excluding hydrogens is 334 g/mol. The average Bonchev–Trinajstić information content (AvgIpc) is 2.30. The Kier molecular flexibility index (Phi) is 5.79. The van der Waals surface area contributed by atoms with Gasteiger partial charge in [-0.05, 0) is 37.7 Å². The predicted molar refractivity (Wildman–Crippen MR) is 75.4 cm³/mol. The molecule has 0 spiro atoms. The number of hydrogen-bond donors (Lipinski definition) is 0. The van der Waals surface area contributed by atoms with E-state index in [9.17, 15) is 0 Å². The van der Waals surface area contributed by atoms with Gasteiger partial charge in [-0.15, -0.1) is 0 Å². The molecule has 1 unspecified atom stereocenters. The van der Waals surface area contributed by atoms with Crippen LogP contribution in [0.3, 0.4) is 0 Å². The van der Waals surface area contributed by atoms with Gasteiger partial charge in [-0.1, -0.05) is 31.9 Å². The maximum absolute atomic E-state index is 5.23. The quantitative estimate of drug-likeness (QED) is 0.751. The van der Waals surface area contributed by atoms with Crippen LogP contribution in [-0.4, -0.2) is 30.4 Å². The summed E-state index contributed by atoms with van der Waals surface area (Å²) in [7, 11) is 3.82. The zero-order valence-electron chi connectivity index (χ0n) is 9.84. The van der Waals surface area contributed by atoms with E-state index in [4.69, 9.17) is 4.74 Å². The largest absolute Gasteiger partial charge is 0.497 e.